The van der Waals surface area contributed by atoms with Gasteiger partial charge in [0.1, 0.15) is 17.2 Å². The molecule has 0 aliphatic carbocycles. The third kappa shape index (κ3) is 6.08. The van der Waals surface area contributed by atoms with Gasteiger partial charge < -0.3 is 19.8 Å². The summed E-state index contributed by atoms with van der Waals surface area (Å²) in [4.78, 5) is 63.1. The van der Waals surface area contributed by atoms with Gasteiger partial charge in [-0.3, -0.25) is 24.2 Å². The summed E-state index contributed by atoms with van der Waals surface area (Å²) in [5.41, 5.74) is 1.53. The first-order valence-electron chi connectivity index (χ1n) is 11.3. The van der Waals surface area contributed by atoms with Gasteiger partial charge in [0.05, 0.1) is 30.9 Å². The lowest BCUT2D eigenvalue weighted by atomic mass is 9.98. The smallest absolute Gasteiger partial charge is 0.321 e. The number of pyridine rings is 1. The van der Waals surface area contributed by atoms with E-state index in [9.17, 15) is 19.2 Å². The first-order chi connectivity index (χ1) is 18.8. The van der Waals surface area contributed by atoms with E-state index in [-0.39, 0.29) is 22.5 Å². The number of nitrogens with one attached hydrogen (secondary N) is 3. The quantitative estimate of drug-likeness (QED) is 0.172. The summed E-state index contributed by atoms with van der Waals surface area (Å²) in [6.45, 7) is 0. The van der Waals surface area contributed by atoms with Crippen molar-refractivity contribution in [3.8, 4) is 5.75 Å². The molecular formula is C26H21ClN6O6. The van der Waals surface area contributed by atoms with Crippen LogP contribution in [0, 0.1) is 0 Å². The van der Waals surface area contributed by atoms with Crippen LogP contribution in [0.1, 0.15) is 22.0 Å². The fourth-order valence-corrected chi connectivity index (χ4v) is 3.77. The Bertz CT molecular complexity index is 1640. The van der Waals surface area contributed by atoms with Crippen molar-refractivity contribution in [2.24, 2.45) is 5.10 Å². The third-order valence-electron chi connectivity index (χ3n) is 5.47. The molecule has 198 valence electrons. The molecule has 4 rings (SSSR count). The van der Waals surface area contributed by atoms with E-state index in [0.717, 1.165) is 7.11 Å². The van der Waals surface area contributed by atoms with Crippen molar-refractivity contribution in [2.75, 3.05) is 19.5 Å². The van der Waals surface area contributed by atoms with Gasteiger partial charge in [0.25, 0.3) is 17.4 Å². The minimum atomic E-state index is -1.73. The second-order valence-corrected chi connectivity index (χ2v) is 8.33. The van der Waals surface area contributed by atoms with Crippen molar-refractivity contribution in [3.05, 3.63) is 93.6 Å². The van der Waals surface area contributed by atoms with Gasteiger partial charge in [-0.15, -0.1) is 0 Å². The predicted molar refractivity (Wildman–Crippen MR) is 143 cm³/mol. The minimum absolute atomic E-state index is 0.186. The Morgan fingerprint density at radius 3 is 2.51 bits per heavy atom. The van der Waals surface area contributed by atoms with Crippen LogP contribution in [0.5, 0.6) is 5.75 Å². The summed E-state index contributed by atoms with van der Waals surface area (Å²) in [7, 11) is 2.49. The van der Waals surface area contributed by atoms with Crippen LogP contribution in [0.2, 0.25) is 5.02 Å². The molecule has 3 N–H and O–H groups in total. The zero-order valence-corrected chi connectivity index (χ0v) is 21.4. The molecule has 12 nitrogen and oxygen atoms in total. The van der Waals surface area contributed by atoms with Gasteiger partial charge in [0, 0.05) is 23.0 Å². The SMILES string of the molecule is COC(=O)[C@H](/C(=N\NC(=O)c1ccncc1)C(=O)Nc1ccccc1OC)c1nc2ccc(Cl)cc2[nH]c1=O. The fraction of sp³-hybridized carbons (Fsp3) is 0.115. The first-order valence-corrected chi connectivity index (χ1v) is 11.7. The van der Waals surface area contributed by atoms with Crippen LogP contribution in [0.25, 0.3) is 11.0 Å². The number of hydrazone groups is 1. The van der Waals surface area contributed by atoms with Crippen LogP contribution >= 0.6 is 11.6 Å². The maximum atomic E-state index is 13.6. The summed E-state index contributed by atoms with van der Waals surface area (Å²) in [6.07, 6.45) is 2.80. The molecule has 0 saturated carbocycles. The molecule has 2 aromatic carbocycles. The van der Waals surface area contributed by atoms with E-state index in [0.29, 0.717) is 16.3 Å². The molecule has 0 fully saturated rings. The van der Waals surface area contributed by atoms with Crippen LogP contribution in [0.4, 0.5) is 5.69 Å². The number of hydrogen-bond donors (Lipinski definition) is 3. The number of nitrogens with zero attached hydrogens (tertiary/aromatic N) is 3. The van der Waals surface area contributed by atoms with E-state index >= 15 is 0 Å². The Morgan fingerprint density at radius 1 is 1.05 bits per heavy atom. The number of para-hydroxylation sites is 2. The largest absolute Gasteiger partial charge is 0.495 e. The highest BCUT2D eigenvalue weighted by Crippen LogP contribution is 2.25. The van der Waals surface area contributed by atoms with E-state index in [4.69, 9.17) is 21.1 Å². The van der Waals surface area contributed by atoms with E-state index < -0.39 is 35.0 Å². The normalized spacial score (nSPS) is 11.9. The van der Waals surface area contributed by atoms with Crippen LogP contribution in [0.15, 0.2) is 76.9 Å². The number of aromatic amines is 1. The number of aromatic nitrogens is 3. The molecule has 0 unspecified atom stereocenters. The molecule has 2 aromatic heterocycles. The van der Waals surface area contributed by atoms with Gasteiger partial charge in [-0.25, -0.2) is 10.4 Å². The number of methoxy groups -OCH3 is 2. The first kappa shape index (κ1) is 26.9. The average molecular weight is 549 g/mol. The van der Waals surface area contributed by atoms with Crippen molar-refractivity contribution in [1.82, 2.24) is 20.4 Å². The van der Waals surface area contributed by atoms with Crippen molar-refractivity contribution in [2.45, 2.75) is 5.92 Å². The van der Waals surface area contributed by atoms with Gasteiger partial charge in [-0.05, 0) is 42.5 Å². The number of H-pyrrole nitrogens is 1. The van der Waals surface area contributed by atoms with E-state index in [1.165, 1.54) is 43.8 Å². The standard InChI is InChI=1S/C26H21ClN6O6/c1-38-19-6-4-3-5-17(19)30-25(36)22(32-33-23(34)14-9-11-28-12-10-14)20(26(37)39-2)21-24(35)31-18-13-15(27)7-8-16(18)29-21/h3-13,20H,1-2H3,(H,30,36)(H,31,35)(H,33,34)/b32-22+/t20-/m0/s1. The molecule has 0 saturated heterocycles. The Balaban J connectivity index is 1.84. The van der Waals surface area contributed by atoms with Crippen molar-refractivity contribution in [3.63, 3.8) is 0 Å². The van der Waals surface area contributed by atoms with Gasteiger partial charge in [-0.1, -0.05) is 23.7 Å². The number of fused-ring (bicyclic) bond motifs is 1. The molecule has 2 amide bonds. The number of ether oxygens (including phenoxy) is 2. The van der Waals surface area contributed by atoms with E-state index in [1.807, 2.05) is 0 Å². The Hall–Kier alpha value is -5.10. The lowest BCUT2D eigenvalue weighted by molar-refractivity contribution is -0.141. The predicted octanol–water partition coefficient (Wildman–Crippen LogP) is 2.66. The van der Waals surface area contributed by atoms with E-state index in [2.05, 4.69) is 30.8 Å². The lowest BCUT2D eigenvalue weighted by Gasteiger charge is -2.17. The van der Waals surface area contributed by atoms with Gasteiger partial charge in [-0.2, -0.15) is 5.10 Å². The van der Waals surface area contributed by atoms with Gasteiger partial charge >= 0.3 is 5.97 Å². The molecule has 2 heterocycles. The number of anilines is 1. The summed E-state index contributed by atoms with van der Waals surface area (Å²) < 4.78 is 10.2. The molecule has 1 atom stereocenters. The number of rotatable bonds is 8. The van der Waals surface area contributed by atoms with Gasteiger partial charge in [0.15, 0.2) is 5.92 Å². The second kappa shape index (κ2) is 12.0. The summed E-state index contributed by atoms with van der Waals surface area (Å²) in [5.74, 6) is -4.06. The molecular weight excluding hydrogens is 528 g/mol. The number of hydrogen-bond acceptors (Lipinski definition) is 9. The Labute approximate surface area is 226 Å². The maximum absolute atomic E-state index is 13.6. The summed E-state index contributed by atoms with van der Waals surface area (Å²) >= 11 is 6.01. The number of amides is 2. The number of benzene rings is 2. The molecule has 4 aromatic rings. The topological polar surface area (TPSA) is 165 Å². The van der Waals surface area contributed by atoms with Crippen LogP contribution in [0.3, 0.4) is 0 Å². The van der Waals surface area contributed by atoms with Crippen molar-refractivity contribution >= 4 is 51.8 Å². The monoisotopic (exact) mass is 548 g/mol. The van der Waals surface area contributed by atoms with Crippen LogP contribution < -0.4 is 21.0 Å². The molecule has 0 spiro atoms. The molecule has 39 heavy (non-hydrogen) atoms. The molecule has 0 bridgehead atoms. The Morgan fingerprint density at radius 2 is 1.79 bits per heavy atom. The second-order valence-electron chi connectivity index (χ2n) is 7.90. The number of carbonyl (C=O) groups is 3. The maximum Gasteiger partial charge on any atom is 0.321 e. The average Bonchev–Trinajstić information content (AvgIpc) is 2.95. The van der Waals surface area contributed by atoms with Crippen molar-refractivity contribution < 1.29 is 23.9 Å². The minimum Gasteiger partial charge on any atom is -0.495 e. The van der Waals surface area contributed by atoms with Crippen molar-refractivity contribution in [1.29, 1.82) is 0 Å². The third-order valence-corrected chi connectivity index (χ3v) is 5.71. The summed E-state index contributed by atoms with van der Waals surface area (Å²) in [6, 6.07) is 13.9. The van der Waals surface area contributed by atoms with Crippen LogP contribution in [-0.4, -0.2) is 52.7 Å². The highest BCUT2D eigenvalue weighted by Gasteiger charge is 2.36. The van der Waals surface area contributed by atoms with Gasteiger partial charge in [0.2, 0.25) is 0 Å². The Kier molecular flexibility index (Phi) is 8.27. The fourth-order valence-electron chi connectivity index (χ4n) is 3.60. The highest BCUT2D eigenvalue weighted by atomic mass is 35.5. The molecule has 0 aliphatic heterocycles. The number of esters is 1. The van der Waals surface area contributed by atoms with E-state index in [1.54, 1.807) is 30.3 Å². The summed E-state index contributed by atoms with van der Waals surface area (Å²) in [5, 5.41) is 6.91. The zero-order chi connectivity index (χ0) is 27.9. The lowest BCUT2D eigenvalue weighted by Crippen LogP contribution is -2.39. The van der Waals surface area contributed by atoms with Crippen LogP contribution in [-0.2, 0) is 14.3 Å². The number of halogens is 1. The number of carbonyl (C=O) groups excluding carboxylic acids is 3. The zero-order valence-electron chi connectivity index (χ0n) is 20.6. The molecule has 0 radical (unpaired) electrons. The molecule has 13 heteroatoms. The highest BCUT2D eigenvalue weighted by molar-refractivity contribution is 6.48. The molecule has 0 aliphatic rings.